The Morgan fingerprint density at radius 1 is 0.852 bits per heavy atom. The van der Waals surface area contributed by atoms with Gasteiger partial charge in [-0.25, -0.2) is 0 Å². The van der Waals surface area contributed by atoms with Crippen molar-refractivity contribution < 1.29 is 4.79 Å². The van der Waals surface area contributed by atoms with Crippen LogP contribution in [0.4, 0.5) is 0 Å². The van der Waals surface area contributed by atoms with E-state index in [-0.39, 0.29) is 17.9 Å². The van der Waals surface area contributed by atoms with Crippen LogP contribution in [-0.2, 0) is 17.6 Å². The van der Waals surface area contributed by atoms with Crippen molar-refractivity contribution in [3.8, 4) is 0 Å². The Labute approximate surface area is 163 Å². The van der Waals surface area contributed by atoms with Crippen molar-refractivity contribution in [2.75, 3.05) is 13.1 Å². The molecule has 4 heteroatoms. The maximum atomic E-state index is 12.8. The number of hydrogen-bond acceptors (Lipinski definition) is 3. The Kier molecular flexibility index (Phi) is 9.60. The molecule has 0 saturated heterocycles. The predicted octanol–water partition coefficient (Wildman–Crippen LogP) is 3.05. The van der Waals surface area contributed by atoms with Gasteiger partial charge < -0.3 is 16.8 Å². The lowest BCUT2D eigenvalue weighted by atomic mass is 9.92. The molecular formula is C23H33N3O. The maximum Gasteiger partial charge on any atom is 0.223 e. The lowest BCUT2D eigenvalue weighted by molar-refractivity contribution is -0.125. The Morgan fingerprint density at radius 3 is 1.85 bits per heavy atom. The molecule has 0 spiro atoms. The monoisotopic (exact) mass is 367 g/mol. The summed E-state index contributed by atoms with van der Waals surface area (Å²) in [5.41, 5.74) is 14.1. The summed E-state index contributed by atoms with van der Waals surface area (Å²) >= 11 is 0. The van der Waals surface area contributed by atoms with Crippen LogP contribution >= 0.6 is 0 Å². The fourth-order valence-electron chi connectivity index (χ4n) is 3.24. The summed E-state index contributed by atoms with van der Waals surface area (Å²) in [7, 11) is 0. The van der Waals surface area contributed by atoms with Gasteiger partial charge in [-0.05, 0) is 56.2 Å². The van der Waals surface area contributed by atoms with Gasteiger partial charge in [-0.15, -0.1) is 0 Å². The summed E-state index contributed by atoms with van der Waals surface area (Å²) in [4.78, 5) is 12.8. The van der Waals surface area contributed by atoms with Gasteiger partial charge in [0, 0.05) is 18.5 Å². The largest absolute Gasteiger partial charge is 0.354 e. The van der Waals surface area contributed by atoms with Crippen molar-refractivity contribution >= 4 is 5.91 Å². The second-order valence-corrected chi connectivity index (χ2v) is 7.18. The molecule has 0 saturated carbocycles. The van der Waals surface area contributed by atoms with Crippen molar-refractivity contribution in [2.24, 2.45) is 17.4 Å². The quantitative estimate of drug-likeness (QED) is 0.539. The first kappa shape index (κ1) is 21.1. The normalized spacial score (nSPS) is 12.1. The van der Waals surface area contributed by atoms with Crippen LogP contribution in [0.2, 0.25) is 0 Å². The van der Waals surface area contributed by atoms with E-state index in [1.165, 1.54) is 11.1 Å². The summed E-state index contributed by atoms with van der Waals surface area (Å²) in [6, 6.07) is 20.7. The highest BCUT2D eigenvalue weighted by atomic mass is 16.1. The number of hydrogen-bond donors (Lipinski definition) is 3. The van der Waals surface area contributed by atoms with E-state index in [0.29, 0.717) is 13.1 Å². The number of amides is 1. The molecule has 0 unspecified atom stereocenters. The molecule has 4 nitrogen and oxygen atoms in total. The summed E-state index contributed by atoms with van der Waals surface area (Å²) in [5, 5.41) is 3.06. The molecule has 2 rings (SSSR count). The first-order chi connectivity index (χ1) is 13.2. The zero-order valence-electron chi connectivity index (χ0n) is 16.1. The van der Waals surface area contributed by atoms with Gasteiger partial charge >= 0.3 is 0 Å². The third-order valence-corrected chi connectivity index (χ3v) is 4.94. The second-order valence-electron chi connectivity index (χ2n) is 7.18. The summed E-state index contributed by atoms with van der Waals surface area (Å²) in [6.45, 7) is 1.16. The molecule has 27 heavy (non-hydrogen) atoms. The SMILES string of the molecule is NCCC[C@@H](N)CNC(=O)C(CCc1ccccc1)CCc1ccccc1. The van der Waals surface area contributed by atoms with Crippen LogP contribution in [0.3, 0.4) is 0 Å². The van der Waals surface area contributed by atoms with Gasteiger partial charge in [0.05, 0.1) is 0 Å². The lowest BCUT2D eigenvalue weighted by Gasteiger charge is -2.19. The van der Waals surface area contributed by atoms with E-state index >= 15 is 0 Å². The number of nitrogens with two attached hydrogens (primary N) is 2. The van der Waals surface area contributed by atoms with E-state index in [2.05, 4.69) is 29.6 Å². The molecule has 146 valence electrons. The summed E-state index contributed by atoms with van der Waals surface area (Å²) in [5.74, 6) is 0.109. The summed E-state index contributed by atoms with van der Waals surface area (Å²) in [6.07, 6.45) is 5.25. The Balaban J connectivity index is 1.89. The maximum absolute atomic E-state index is 12.8. The topological polar surface area (TPSA) is 81.1 Å². The van der Waals surface area contributed by atoms with Crippen molar-refractivity contribution in [2.45, 2.75) is 44.6 Å². The molecule has 0 bridgehead atoms. The van der Waals surface area contributed by atoms with Gasteiger partial charge in [0.25, 0.3) is 0 Å². The van der Waals surface area contributed by atoms with E-state index in [1.807, 2.05) is 36.4 Å². The molecule has 2 aromatic rings. The van der Waals surface area contributed by atoms with Crippen LogP contribution in [0.25, 0.3) is 0 Å². The molecule has 0 radical (unpaired) electrons. The molecule has 5 N–H and O–H groups in total. The number of carbonyl (C=O) groups is 1. The zero-order valence-corrected chi connectivity index (χ0v) is 16.1. The minimum Gasteiger partial charge on any atom is -0.354 e. The second kappa shape index (κ2) is 12.3. The minimum absolute atomic E-state index is 0.00730. The van der Waals surface area contributed by atoms with Crippen molar-refractivity contribution in [3.63, 3.8) is 0 Å². The highest BCUT2D eigenvalue weighted by molar-refractivity contribution is 5.78. The van der Waals surface area contributed by atoms with Gasteiger partial charge in [-0.3, -0.25) is 4.79 Å². The van der Waals surface area contributed by atoms with E-state index in [1.54, 1.807) is 0 Å². The van der Waals surface area contributed by atoms with E-state index in [4.69, 9.17) is 11.5 Å². The summed E-state index contributed by atoms with van der Waals surface area (Å²) < 4.78 is 0. The zero-order chi connectivity index (χ0) is 19.3. The first-order valence-electron chi connectivity index (χ1n) is 10.00. The lowest BCUT2D eigenvalue weighted by Crippen LogP contribution is -2.40. The van der Waals surface area contributed by atoms with Crippen molar-refractivity contribution in [3.05, 3.63) is 71.8 Å². The number of carbonyl (C=O) groups excluding carboxylic acids is 1. The van der Waals surface area contributed by atoms with Gasteiger partial charge in [0.1, 0.15) is 0 Å². The van der Waals surface area contributed by atoms with Crippen LogP contribution in [0.15, 0.2) is 60.7 Å². The van der Waals surface area contributed by atoms with Crippen LogP contribution in [0.5, 0.6) is 0 Å². The van der Waals surface area contributed by atoms with Gasteiger partial charge in [-0.2, -0.15) is 0 Å². The highest BCUT2D eigenvalue weighted by Gasteiger charge is 2.19. The molecule has 0 aromatic heterocycles. The molecule has 0 heterocycles. The van der Waals surface area contributed by atoms with Crippen molar-refractivity contribution in [1.29, 1.82) is 0 Å². The van der Waals surface area contributed by atoms with Crippen LogP contribution in [-0.4, -0.2) is 25.0 Å². The van der Waals surface area contributed by atoms with Gasteiger partial charge in [0.15, 0.2) is 0 Å². The molecule has 0 aliphatic heterocycles. The smallest absolute Gasteiger partial charge is 0.223 e. The molecule has 0 fully saturated rings. The molecule has 0 aliphatic rings. The highest BCUT2D eigenvalue weighted by Crippen LogP contribution is 2.17. The number of benzene rings is 2. The van der Waals surface area contributed by atoms with Crippen LogP contribution in [0.1, 0.15) is 36.8 Å². The van der Waals surface area contributed by atoms with Crippen LogP contribution < -0.4 is 16.8 Å². The third-order valence-electron chi connectivity index (χ3n) is 4.94. The Morgan fingerprint density at radius 2 is 1.37 bits per heavy atom. The number of nitrogens with one attached hydrogen (secondary N) is 1. The Hall–Kier alpha value is -2.17. The average molecular weight is 368 g/mol. The molecular weight excluding hydrogens is 334 g/mol. The fourth-order valence-corrected chi connectivity index (χ4v) is 3.24. The van der Waals surface area contributed by atoms with Gasteiger partial charge in [0.2, 0.25) is 5.91 Å². The first-order valence-corrected chi connectivity index (χ1v) is 10.00. The molecule has 0 aliphatic carbocycles. The van der Waals surface area contributed by atoms with E-state index in [0.717, 1.165) is 38.5 Å². The minimum atomic E-state index is -0.0265. The standard InChI is InChI=1S/C23H33N3O/c24-17-7-12-22(25)18-26-23(27)21(15-13-19-8-3-1-4-9-19)16-14-20-10-5-2-6-11-20/h1-6,8-11,21-22H,7,12-18,24-25H2,(H,26,27)/t22-/m1/s1. The van der Waals surface area contributed by atoms with E-state index in [9.17, 15) is 4.79 Å². The fraction of sp³-hybridized carbons (Fsp3) is 0.435. The van der Waals surface area contributed by atoms with Crippen molar-refractivity contribution in [1.82, 2.24) is 5.32 Å². The van der Waals surface area contributed by atoms with E-state index < -0.39 is 0 Å². The Bertz CT molecular complexity index is 602. The molecule has 2 aromatic carbocycles. The third kappa shape index (κ3) is 8.37. The van der Waals surface area contributed by atoms with Crippen LogP contribution in [0, 0.1) is 5.92 Å². The van der Waals surface area contributed by atoms with Gasteiger partial charge in [-0.1, -0.05) is 60.7 Å². The molecule has 1 amide bonds. The average Bonchev–Trinajstić information content (AvgIpc) is 2.72. The number of rotatable bonds is 12. The predicted molar refractivity (Wildman–Crippen MR) is 112 cm³/mol. The number of aryl methyl sites for hydroxylation is 2. The molecule has 1 atom stereocenters.